The number of rotatable bonds is 5. The fourth-order valence-corrected chi connectivity index (χ4v) is 1.01. The number of ether oxygens (including phenoxy) is 2. The first-order valence-corrected chi connectivity index (χ1v) is 4.13. The van der Waals surface area contributed by atoms with E-state index in [0.717, 1.165) is 0 Å². The molecule has 14 heavy (non-hydrogen) atoms. The highest BCUT2D eigenvalue weighted by Gasteiger charge is 2.04. The summed E-state index contributed by atoms with van der Waals surface area (Å²) in [4.78, 5) is 10.6. The average molecular weight is 198 g/mol. The maximum atomic E-state index is 11.9. The Morgan fingerprint density at radius 3 is 2.86 bits per heavy atom. The van der Waals surface area contributed by atoms with Gasteiger partial charge in [-0.3, -0.25) is 4.79 Å². The molecule has 0 amide bonds. The van der Waals surface area contributed by atoms with Gasteiger partial charge in [-0.15, -0.1) is 0 Å². The molecule has 0 aliphatic carbocycles. The molecule has 0 heterocycles. The van der Waals surface area contributed by atoms with Gasteiger partial charge >= 0.3 is 0 Å². The zero-order valence-corrected chi connectivity index (χ0v) is 7.83. The van der Waals surface area contributed by atoms with Gasteiger partial charge in [-0.2, -0.15) is 0 Å². The molecule has 0 aromatic heterocycles. The van der Waals surface area contributed by atoms with E-state index >= 15 is 0 Å². The van der Waals surface area contributed by atoms with Crippen LogP contribution in [-0.4, -0.2) is 26.7 Å². The van der Waals surface area contributed by atoms with Crippen LogP contribution in [0.2, 0.25) is 0 Å². The van der Waals surface area contributed by atoms with Crippen LogP contribution in [0.1, 0.15) is 10.4 Å². The topological polar surface area (TPSA) is 35.5 Å². The summed E-state index contributed by atoms with van der Waals surface area (Å²) in [5.41, 5.74) is 0.388. The maximum Gasteiger partial charge on any atom is 0.153 e. The van der Waals surface area contributed by atoms with Crippen molar-refractivity contribution in [3.63, 3.8) is 0 Å². The predicted octanol–water partition coefficient (Wildman–Crippen LogP) is 1.86. The SMILES string of the molecule is COc1ccc(C=O)c(OCCF)c1. The largest absolute Gasteiger partial charge is 0.497 e. The molecular weight excluding hydrogens is 187 g/mol. The number of benzene rings is 1. The number of halogens is 1. The lowest BCUT2D eigenvalue weighted by Crippen LogP contribution is -2.01. The second-order valence-electron chi connectivity index (χ2n) is 2.56. The van der Waals surface area contributed by atoms with Gasteiger partial charge in [0.05, 0.1) is 12.7 Å². The van der Waals surface area contributed by atoms with Crippen molar-refractivity contribution in [2.45, 2.75) is 0 Å². The van der Waals surface area contributed by atoms with Crippen molar-refractivity contribution in [3.8, 4) is 11.5 Å². The van der Waals surface area contributed by atoms with Crippen LogP contribution in [-0.2, 0) is 0 Å². The monoisotopic (exact) mass is 198 g/mol. The number of hydrogen-bond donors (Lipinski definition) is 0. The van der Waals surface area contributed by atoms with Crippen molar-refractivity contribution in [1.82, 2.24) is 0 Å². The van der Waals surface area contributed by atoms with Crippen LogP contribution in [0.5, 0.6) is 11.5 Å². The standard InChI is InChI=1S/C10H11FO3/c1-13-9-3-2-8(7-12)10(6-9)14-5-4-11/h2-3,6-7H,4-5H2,1H3. The van der Waals surface area contributed by atoms with Gasteiger partial charge in [0.25, 0.3) is 0 Å². The second kappa shape index (κ2) is 5.21. The lowest BCUT2D eigenvalue weighted by atomic mass is 10.2. The van der Waals surface area contributed by atoms with Crippen molar-refractivity contribution in [2.24, 2.45) is 0 Å². The van der Waals surface area contributed by atoms with E-state index in [9.17, 15) is 9.18 Å². The third kappa shape index (κ3) is 2.45. The number of carbonyl (C=O) groups is 1. The second-order valence-corrected chi connectivity index (χ2v) is 2.56. The van der Waals surface area contributed by atoms with Gasteiger partial charge in [0.15, 0.2) is 6.29 Å². The molecule has 0 saturated carbocycles. The molecule has 0 aliphatic heterocycles. The summed E-state index contributed by atoms with van der Waals surface area (Å²) in [7, 11) is 1.51. The number of alkyl halides is 1. The highest BCUT2D eigenvalue weighted by molar-refractivity contribution is 5.79. The molecular formula is C10H11FO3. The fraction of sp³-hybridized carbons (Fsp3) is 0.300. The number of hydrogen-bond acceptors (Lipinski definition) is 3. The molecule has 3 nitrogen and oxygen atoms in total. The molecule has 76 valence electrons. The lowest BCUT2D eigenvalue weighted by Gasteiger charge is -2.08. The van der Waals surface area contributed by atoms with Crippen molar-refractivity contribution >= 4 is 6.29 Å². The Hall–Kier alpha value is -1.58. The van der Waals surface area contributed by atoms with E-state index in [1.165, 1.54) is 7.11 Å². The van der Waals surface area contributed by atoms with Crippen molar-refractivity contribution < 1.29 is 18.7 Å². The molecule has 0 saturated heterocycles. The van der Waals surface area contributed by atoms with Gasteiger partial charge < -0.3 is 9.47 Å². The Kier molecular flexibility index (Phi) is 3.91. The third-order valence-corrected chi connectivity index (χ3v) is 1.68. The zero-order valence-electron chi connectivity index (χ0n) is 7.83. The summed E-state index contributed by atoms with van der Waals surface area (Å²) in [5.74, 6) is 0.918. The Balaban J connectivity index is 2.90. The van der Waals surface area contributed by atoms with Crippen LogP contribution in [0.25, 0.3) is 0 Å². The quantitative estimate of drug-likeness (QED) is 0.677. The summed E-state index contributed by atoms with van der Waals surface area (Å²) >= 11 is 0. The molecule has 0 unspecified atom stereocenters. The van der Waals surface area contributed by atoms with E-state index < -0.39 is 6.67 Å². The minimum absolute atomic E-state index is 0.0615. The van der Waals surface area contributed by atoms with E-state index in [2.05, 4.69) is 0 Å². The molecule has 0 fully saturated rings. The van der Waals surface area contributed by atoms with E-state index in [0.29, 0.717) is 23.3 Å². The lowest BCUT2D eigenvalue weighted by molar-refractivity contribution is 0.111. The summed E-state index contributed by atoms with van der Waals surface area (Å²) < 4.78 is 21.8. The van der Waals surface area contributed by atoms with Crippen LogP contribution in [0.3, 0.4) is 0 Å². The molecule has 0 atom stereocenters. The minimum Gasteiger partial charge on any atom is -0.497 e. The highest BCUT2D eigenvalue weighted by Crippen LogP contribution is 2.23. The zero-order chi connectivity index (χ0) is 10.4. The highest BCUT2D eigenvalue weighted by atomic mass is 19.1. The summed E-state index contributed by atoms with van der Waals surface area (Å²) in [6.45, 7) is -0.649. The first-order chi connectivity index (χ1) is 6.81. The minimum atomic E-state index is -0.588. The average Bonchev–Trinajstić information content (AvgIpc) is 2.25. The molecule has 0 N–H and O–H groups in total. The maximum absolute atomic E-state index is 11.9. The van der Waals surface area contributed by atoms with E-state index in [4.69, 9.17) is 9.47 Å². The third-order valence-electron chi connectivity index (χ3n) is 1.68. The van der Waals surface area contributed by atoms with Crippen LogP contribution < -0.4 is 9.47 Å². The first kappa shape index (κ1) is 10.5. The Morgan fingerprint density at radius 1 is 1.50 bits per heavy atom. The van der Waals surface area contributed by atoms with E-state index in [1.807, 2.05) is 0 Å². The first-order valence-electron chi connectivity index (χ1n) is 4.13. The molecule has 1 rings (SSSR count). The normalized spacial score (nSPS) is 9.57. The van der Waals surface area contributed by atoms with E-state index in [-0.39, 0.29) is 6.61 Å². The van der Waals surface area contributed by atoms with Crippen LogP contribution in [0, 0.1) is 0 Å². The van der Waals surface area contributed by atoms with Gasteiger partial charge in [0.2, 0.25) is 0 Å². The van der Waals surface area contributed by atoms with Crippen molar-refractivity contribution in [1.29, 1.82) is 0 Å². The molecule has 4 heteroatoms. The predicted molar refractivity (Wildman–Crippen MR) is 49.9 cm³/mol. The van der Waals surface area contributed by atoms with Crippen LogP contribution in [0.15, 0.2) is 18.2 Å². The van der Waals surface area contributed by atoms with Crippen molar-refractivity contribution in [3.05, 3.63) is 23.8 Å². The number of methoxy groups -OCH3 is 1. The van der Waals surface area contributed by atoms with Gasteiger partial charge in [0.1, 0.15) is 24.8 Å². The summed E-state index contributed by atoms with van der Waals surface area (Å²) in [6, 6.07) is 4.77. The molecule has 1 aromatic rings. The summed E-state index contributed by atoms with van der Waals surface area (Å²) in [6.07, 6.45) is 0.660. The van der Waals surface area contributed by atoms with Gasteiger partial charge in [-0.1, -0.05) is 0 Å². The molecule has 0 aliphatic rings. The molecule has 1 aromatic carbocycles. The van der Waals surface area contributed by atoms with E-state index in [1.54, 1.807) is 18.2 Å². The molecule has 0 spiro atoms. The molecule has 0 radical (unpaired) electrons. The Bertz CT molecular complexity index is 312. The molecule has 0 bridgehead atoms. The van der Waals surface area contributed by atoms with Crippen molar-refractivity contribution in [2.75, 3.05) is 20.4 Å². The van der Waals surface area contributed by atoms with Gasteiger partial charge in [0, 0.05) is 6.07 Å². The number of aldehydes is 1. The van der Waals surface area contributed by atoms with Gasteiger partial charge in [-0.25, -0.2) is 4.39 Å². The fourth-order valence-electron chi connectivity index (χ4n) is 1.01. The van der Waals surface area contributed by atoms with Crippen LogP contribution >= 0.6 is 0 Å². The van der Waals surface area contributed by atoms with Crippen LogP contribution in [0.4, 0.5) is 4.39 Å². The summed E-state index contributed by atoms with van der Waals surface area (Å²) in [5, 5.41) is 0. The number of carbonyl (C=O) groups excluding carboxylic acids is 1. The Labute approximate surface area is 81.4 Å². The Morgan fingerprint density at radius 2 is 2.29 bits per heavy atom. The smallest absolute Gasteiger partial charge is 0.153 e. The van der Waals surface area contributed by atoms with Gasteiger partial charge in [-0.05, 0) is 12.1 Å².